The number of likely N-dealkylation sites (tertiary alicyclic amines) is 1. The summed E-state index contributed by atoms with van der Waals surface area (Å²) in [5.74, 6) is 0.542. The Labute approximate surface area is 225 Å². The van der Waals surface area contributed by atoms with Gasteiger partial charge in [0, 0.05) is 37.3 Å². The summed E-state index contributed by atoms with van der Waals surface area (Å²) < 4.78 is 12.3. The van der Waals surface area contributed by atoms with Gasteiger partial charge in [-0.05, 0) is 60.4 Å². The highest BCUT2D eigenvalue weighted by molar-refractivity contribution is 6.34. The Hall–Kier alpha value is -4.04. The van der Waals surface area contributed by atoms with Crippen molar-refractivity contribution >= 4 is 29.5 Å². The fraction of sp³-hybridized carbons (Fsp3) is 0.276. The smallest absolute Gasteiger partial charge is 0.270 e. The second-order valence-electron chi connectivity index (χ2n) is 9.54. The van der Waals surface area contributed by atoms with Crippen LogP contribution in [0.3, 0.4) is 0 Å². The molecule has 3 aromatic rings. The van der Waals surface area contributed by atoms with Crippen molar-refractivity contribution in [2.24, 2.45) is 5.92 Å². The average molecular weight is 534 g/mol. The summed E-state index contributed by atoms with van der Waals surface area (Å²) in [4.78, 5) is 41.3. The number of halogens is 1. The largest absolute Gasteiger partial charge is 0.497 e. The first kappa shape index (κ1) is 25.6. The van der Waals surface area contributed by atoms with Gasteiger partial charge >= 0.3 is 0 Å². The van der Waals surface area contributed by atoms with Crippen LogP contribution in [0.25, 0.3) is 6.08 Å². The molecule has 9 heteroatoms. The van der Waals surface area contributed by atoms with Crippen molar-refractivity contribution in [3.8, 4) is 11.5 Å². The Balaban J connectivity index is 1.46. The van der Waals surface area contributed by atoms with Gasteiger partial charge in [-0.3, -0.25) is 14.4 Å². The summed E-state index contributed by atoms with van der Waals surface area (Å²) in [7, 11) is 3.08. The molecule has 2 aromatic carbocycles. The number of amides is 2. The molecule has 8 nitrogen and oxygen atoms in total. The molecule has 2 atom stereocenters. The van der Waals surface area contributed by atoms with Crippen LogP contribution in [-0.4, -0.2) is 48.6 Å². The summed E-state index contributed by atoms with van der Waals surface area (Å²) >= 11 is 6.34. The van der Waals surface area contributed by atoms with E-state index in [4.69, 9.17) is 21.1 Å². The van der Waals surface area contributed by atoms with E-state index in [-0.39, 0.29) is 39.6 Å². The lowest BCUT2D eigenvalue weighted by atomic mass is 9.83. The molecule has 2 amide bonds. The molecule has 1 N–H and O–H groups in total. The summed E-state index contributed by atoms with van der Waals surface area (Å²) in [6, 6.07) is 17.3. The van der Waals surface area contributed by atoms with E-state index in [2.05, 4.69) is 5.32 Å². The molecule has 2 aliphatic heterocycles. The van der Waals surface area contributed by atoms with E-state index in [0.717, 1.165) is 12.1 Å². The molecular formula is C29H28ClN3O5. The fourth-order valence-electron chi connectivity index (χ4n) is 5.28. The van der Waals surface area contributed by atoms with Crippen LogP contribution in [0, 0.1) is 5.92 Å². The zero-order valence-electron chi connectivity index (χ0n) is 21.1. The molecule has 0 spiro atoms. The monoisotopic (exact) mass is 533 g/mol. The third kappa shape index (κ3) is 5.17. The van der Waals surface area contributed by atoms with Crippen molar-refractivity contribution in [3.05, 3.63) is 98.6 Å². The predicted octanol–water partition coefficient (Wildman–Crippen LogP) is 3.94. The number of ether oxygens (including phenoxy) is 2. The number of carbonyl (C=O) groups is 2. The molecule has 1 saturated heterocycles. The van der Waals surface area contributed by atoms with Crippen molar-refractivity contribution in [2.45, 2.75) is 18.9 Å². The van der Waals surface area contributed by atoms with Gasteiger partial charge in [-0.25, -0.2) is 0 Å². The lowest BCUT2D eigenvalue weighted by molar-refractivity contribution is -0.130. The predicted molar refractivity (Wildman–Crippen MR) is 145 cm³/mol. The minimum Gasteiger partial charge on any atom is -0.497 e. The number of rotatable bonds is 6. The fourth-order valence-corrected chi connectivity index (χ4v) is 5.53. The van der Waals surface area contributed by atoms with Gasteiger partial charge in [0.15, 0.2) is 0 Å². The van der Waals surface area contributed by atoms with E-state index < -0.39 is 5.91 Å². The zero-order valence-corrected chi connectivity index (χ0v) is 21.9. The molecule has 3 heterocycles. The maximum absolute atomic E-state index is 13.9. The van der Waals surface area contributed by atoms with E-state index in [9.17, 15) is 14.4 Å². The molecule has 0 saturated carbocycles. The summed E-state index contributed by atoms with van der Waals surface area (Å²) in [6.45, 7) is 1.51. The van der Waals surface area contributed by atoms with Crippen LogP contribution in [0.5, 0.6) is 11.5 Å². The van der Waals surface area contributed by atoms with Gasteiger partial charge in [0.1, 0.15) is 17.2 Å². The van der Waals surface area contributed by atoms with Gasteiger partial charge in [-0.2, -0.15) is 0 Å². The minimum atomic E-state index is -0.505. The normalized spacial score (nSPS) is 18.4. The number of hydrogen-bond acceptors (Lipinski definition) is 5. The van der Waals surface area contributed by atoms with E-state index in [1.165, 1.54) is 7.11 Å². The SMILES string of the molecule is COc1cccc(C=C(NC(=O)c2ccc(OC)cc2Cl)C(=O)N2CC3CC(C2)c2cccc(=O)n2C3)c1. The van der Waals surface area contributed by atoms with Crippen LogP contribution in [0.4, 0.5) is 0 Å². The van der Waals surface area contributed by atoms with Crippen molar-refractivity contribution in [2.75, 3.05) is 27.3 Å². The third-order valence-corrected chi connectivity index (χ3v) is 7.38. The minimum absolute atomic E-state index is 0.0146. The molecule has 5 rings (SSSR count). The lowest BCUT2D eigenvalue weighted by Crippen LogP contribution is -2.50. The Morgan fingerprint density at radius 2 is 1.74 bits per heavy atom. The Bertz CT molecular complexity index is 1480. The van der Waals surface area contributed by atoms with Crippen molar-refractivity contribution in [1.82, 2.24) is 14.8 Å². The summed E-state index contributed by atoms with van der Waals surface area (Å²) in [6.07, 6.45) is 2.55. The molecule has 2 aliphatic rings. The molecule has 1 aromatic heterocycles. The van der Waals surface area contributed by atoms with Gasteiger partial charge in [0.05, 0.1) is 24.8 Å². The quantitative estimate of drug-likeness (QED) is 0.485. The van der Waals surface area contributed by atoms with Crippen molar-refractivity contribution < 1.29 is 19.1 Å². The zero-order chi connectivity index (χ0) is 26.8. The number of benzene rings is 2. The van der Waals surface area contributed by atoms with Crippen LogP contribution in [-0.2, 0) is 11.3 Å². The Kier molecular flexibility index (Phi) is 7.24. The second kappa shape index (κ2) is 10.8. The highest BCUT2D eigenvalue weighted by atomic mass is 35.5. The number of methoxy groups -OCH3 is 2. The van der Waals surface area contributed by atoms with Crippen LogP contribution in [0.15, 0.2) is 71.2 Å². The van der Waals surface area contributed by atoms with Crippen molar-refractivity contribution in [1.29, 1.82) is 0 Å². The van der Waals surface area contributed by atoms with Crippen LogP contribution < -0.4 is 20.3 Å². The number of nitrogens with one attached hydrogen (secondary N) is 1. The molecule has 1 fully saturated rings. The maximum atomic E-state index is 13.9. The van der Waals surface area contributed by atoms with E-state index >= 15 is 0 Å². The standard InChI is InChI=1S/C29H28ClN3O5/c1-37-21-6-3-5-18(12-21)13-25(31-28(35)23-10-9-22(38-2)14-24(23)30)29(36)32-15-19-11-20(17-32)26-7-4-8-27(34)33(26)16-19/h3-10,12-14,19-20H,11,15-17H2,1-2H3,(H,31,35). The Morgan fingerprint density at radius 1 is 0.974 bits per heavy atom. The summed E-state index contributed by atoms with van der Waals surface area (Å²) in [5, 5.41) is 3.01. The number of hydrogen-bond donors (Lipinski definition) is 1. The van der Waals surface area contributed by atoms with Gasteiger partial charge in [-0.1, -0.05) is 29.8 Å². The van der Waals surface area contributed by atoms with Gasteiger partial charge in [-0.15, -0.1) is 0 Å². The highest BCUT2D eigenvalue weighted by Crippen LogP contribution is 2.35. The second-order valence-corrected chi connectivity index (χ2v) is 9.95. The first-order valence-electron chi connectivity index (χ1n) is 12.4. The third-order valence-electron chi connectivity index (χ3n) is 7.07. The molecule has 38 heavy (non-hydrogen) atoms. The molecule has 2 unspecified atom stereocenters. The first-order valence-corrected chi connectivity index (χ1v) is 12.7. The van der Waals surface area contributed by atoms with E-state index in [1.807, 2.05) is 22.8 Å². The molecule has 0 radical (unpaired) electrons. The number of carbonyl (C=O) groups excluding carboxylic acids is 2. The summed E-state index contributed by atoms with van der Waals surface area (Å²) in [5.41, 5.74) is 1.97. The number of pyridine rings is 1. The van der Waals surface area contributed by atoms with E-state index in [0.29, 0.717) is 36.7 Å². The van der Waals surface area contributed by atoms with Crippen LogP contribution in [0.1, 0.15) is 34.0 Å². The molecule has 0 aliphatic carbocycles. The molecule has 196 valence electrons. The number of piperidine rings is 1. The highest BCUT2D eigenvalue weighted by Gasteiger charge is 2.37. The van der Waals surface area contributed by atoms with Crippen LogP contribution in [0.2, 0.25) is 5.02 Å². The number of aromatic nitrogens is 1. The number of nitrogens with zero attached hydrogens (tertiary/aromatic N) is 2. The van der Waals surface area contributed by atoms with Crippen LogP contribution >= 0.6 is 11.6 Å². The van der Waals surface area contributed by atoms with Gasteiger partial charge in [0.25, 0.3) is 17.4 Å². The Morgan fingerprint density at radius 3 is 2.50 bits per heavy atom. The first-order chi connectivity index (χ1) is 18.4. The topological polar surface area (TPSA) is 89.9 Å². The molecule has 2 bridgehead atoms. The number of fused-ring (bicyclic) bond motifs is 4. The van der Waals surface area contributed by atoms with Crippen molar-refractivity contribution in [3.63, 3.8) is 0 Å². The van der Waals surface area contributed by atoms with Gasteiger partial charge in [0.2, 0.25) is 0 Å². The molecular weight excluding hydrogens is 506 g/mol. The maximum Gasteiger partial charge on any atom is 0.270 e. The van der Waals surface area contributed by atoms with Gasteiger partial charge < -0.3 is 24.3 Å². The average Bonchev–Trinajstić information content (AvgIpc) is 2.92. The lowest BCUT2D eigenvalue weighted by Gasteiger charge is -2.43. The van der Waals surface area contributed by atoms with E-state index in [1.54, 1.807) is 60.6 Å².